The number of hydrogen-bond donors (Lipinski definition) is 2. The minimum atomic E-state index is -0.941. The molecule has 0 atom stereocenters. The van der Waals surface area contributed by atoms with E-state index >= 15 is 0 Å². The first-order valence-electron chi connectivity index (χ1n) is 7.46. The van der Waals surface area contributed by atoms with Gasteiger partial charge >= 0.3 is 5.97 Å². The van der Waals surface area contributed by atoms with E-state index in [4.69, 9.17) is 4.42 Å². The quantitative estimate of drug-likeness (QED) is 0.809. The number of aromatic nitrogens is 1. The van der Waals surface area contributed by atoms with E-state index in [1.807, 2.05) is 20.8 Å². The molecule has 0 aliphatic rings. The zero-order chi connectivity index (χ0) is 17.0. The molecule has 0 radical (unpaired) electrons. The summed E-state index contributed by atoms with van der Waals surface area (Å²) in [6.07, 6.45) is 2.45. The lowest BCUT2D eigenvalue weighted by Gasteiger charge is -2.26. The van der Waals surface area contributed by atoms with E-state index in [0.717, 1.165) is 4.88 Å². The van der Waals surface area contributed by atoms with E-state index < -0.39 is 11.4 Å². The Balaban J connectivity index is 2.14. The first-order chi connectivity index (χ1) is 10.9. The Bertz CT molecular complexity index is 687. The number of carboxylic acid groups (broad SMARTS) is 1. The summed E-state index contributed by atoms with van der Waals surface area (Å²) in [5.74, 6) is -0.641. The number of aryl methyl sites for hydroxylation is 1. The van der Waals surface area contributed by atoms with Gasteiger partial charge in [0.25, 0.3) is 5.91 Å². The van der Waals surface area contributed by atoms with E-state index in [1.165, 1.54) is 11.3 Å². The van der Waals surface area contributed by atoms with Crippen molar-refractivity contribution in [2.24, 2.45) is 5.41 Å². The number of carbonyl (C=O) groups is 2. The second-order valence-corrected chi connectivity index (χ2v) is 6.58. The molecule has 0 saturated heterocycles. The van der Waals surface area contributed by atoms with Gasteiger partial charge in [-0.05, 0) is 31.9 Å². The number of furan rings is 1. The molecule has 2 aromatic rings. The van der Waals surface area contributed by atoms with Crippen LogP contribution in [0.2, 0.25) is 0 Å². The fourth-order valence-electron chi connectivity index (χ4n) is 2.32. The van der Waals surface area contributed by atoms with E-state index in [9.17, 15) is 14.7 Å². The van der Waals surface area contributed by atoms with Crippen molar-refractivity contribution < 1.29 is 19.1 Å². The number of carboxylic acids is 1. The minimum absolute atomic E-state index is 0.0845. The average Bonchev–Trinajstić information content (AvgIpc) is 3.17. The van der Waals surface area contributed by atoms with Gasteiger partial charge in [0.05, 0.1) is 11.7 Å². The van der Waals surface area contributed by atoms with E-state index in [1.54, 1.807) is 18.4 Å². The zero-order valence-electron chi connectivity index (χ0n) is 13.4. The van der Waals surface area contributed by atoms with Gasteiger partial charge in [0.1, 0.15) is 5.69 Å². The highest BCUT2D eigenvalue weighted by atomic mass is 32.1. The largest absolute Gasteiger partial charge is 0.481 e. The van der Waals surface area contributed by atoms with E-state index in [2.05, 4.69) is 10.3 Å². The molecule has 6 nitrogen and oxygen atoms in total. The molecule has 124 valence electrons. The number of thiazole rings is 1. The van der Waals surface area contributed by atoms with Gasteiger partial charge in [0.15, 0.2) is 10.8 Å². The SMILES string of the molecule is CCC(CC)(CNC(=O)c1nc(-c2ccco2)sc1C)C(=O)O. The maximum Gasteiger partial charge on any atom is 0.311 e. The molecule has 0 bridgehead atoms. The van der Waals surface area contributed by atoms with Gasteiger partial charge in [-0.2, -0.15) is 0 Å². The van der Waals surface area contributed by atoms with Crippen molar-refractivity contribution >= 4 is 23.2 Å². The number of aliphatic carboxylic acids is 1. The van der Waals surface area contributed by atoms with Crippen LogP contribution in [0.4, 0.5) is 0 Å². The zero-order valence-corrected chi connectivity index (χ0v) is 14.2. The summed E-state index contributed by atoms with van der Waals surface area (Å²) in [5, 5.41) is 12.8. The van der Waals surface area contributed by atoms with Crippen LogP contribution in [0.15, 0.2) is 22.8 Å². The summed E-state index contributed by atoms with van der Waals surface area (Å²) in [5.41, 5.74) is -0.628. The van der Waals surface area contributed by atoms with Crippen LogP contribution in [0.25, 0.3) is 10.8 Å². The maximum absolute atomic E-state index is 12.4. The van der Waals surface area contributed by atoms with Gasteiger partial charge < -0.3 is 14.8 Å². The molecule has 2 rings (SSSR count). The molecule has 0 saturated carbocycles. The number of nitrogens with zero attached hydrogens (tertiary/aromatic N) is 1. The third-order valence-electron chi connectivity index (χ3n) is 4.14. The van der Waals surface area contributed by atoms with E-state index in [0.29, 0.717) is 29.3 Å². The molecule has 2 aromatic heterocycles. The van der Waals surface area contributed by atoms with Crippen molar-refractivity contribution in [2.75, 3.05) is 6.54 Å². The van der Waals surface area contributed by atoms with Crippen molar-refractivity contribution in [3.8, 4) is 10.8 Å². The summed E-state index contributed by atoms with van der Waals surface area (Å²) < 4.78 is 5.29. The van der Waals surface area contributed by atoms with Gasteiger partial charge in [-0.1, -0.05) is 13.8 Å². The van der Waals surface area contributed by atoms with Crippen LogP contribution >= 0.6 is 11.3 Å². The highest BCUT2D eigenvalue weighted by molar-refractivity contribution is 7.15. The van der Waals surface area contributed by atoms with Crippen LogP contribution in [-0.2, 0) is 4.79 Å². The van der Waals surface area contributed by atoms with Crippen LogP contribution in [0.3, 0.4) is 0 Å². The van der Waals surface area contributed by atoms with Gasteiger partial charge in [-0.25, -0.2) is 4.98 Å². The molecule has 0 fully saturated rings. The number of carbonyl (C=O) groups excluding carboxylic acids is 1. The third-order valence-corrected chi connectivity index (χ3v) is 5.12. The second-order valence-electron chi connectivity index (χ2n) is 5.38. The number of nitrogens with one attached hydrogen (secondary N) is 1. The molecule has 2 N–H and O–H groups in total. The maximum atomic E-state index is 12.4. The Morgan fingerprint density at radius 1 is 1.39 bits per heavy atom. The topological polar surface area (TPSA) is 92.4 Å². The van der Waals surface area contributed by atoms with Crippen LogP contribution in [0.1, 0.15) is 42.1 Å². The van der Waals surface area contributed by atoms with E-state index in [-0.39, 0.29) is 12.5 Å². The molecule has 0 aliphatic heterocycles. The number of hydrogen-bond acceptors (Lipinski definition) is 5. The third kappa shape index (κ3) is 3.44. The summed E-state index contributed by atoms with van der Waals surface area (Å²) in [6, 6.07) is 3.54. The standard InChI is InChI=1S/C16H20N2O4S/c1-4-16(5-2,15(20)21)9-17-13(19)12-10(3)23-14(18-12)11-7-6-8-22-11/h6-8H,4-5,9H2,1-3H3,(H,17,19)(H,20,21). The average molecular weight is 336 g/mol. The smallest absolute Gasteiger partial charge is 0.311 e. The predicted molar refractivity (Wildman–Crippen MR) is 87.5 cm³/mol. The van der Waals surface area contributed by atoms with Crippen LogP contribution in [0, 0.1) is 12.3 Å². The monoisotopic (exact) mass is 336 g/mol. The van der Waals surface area contributed by atoms with Crippen LogP contribution in [0.5, 0.6) is 0 Å². The highest BCUT2D eigenvalue weighted by Gasteiger charge is 2.35. The fraction of sp³-hybridized carbons (Fsp3) is 0.438. The Kier molecular flexibility index (Phi) is 5.20. The molecule has 0 unspecified atom stereocenters. The molecular weight excluding hydrogens is 316 g/mol. The second kappa shape index (κ2) is 6.95. The van der Waals surface area contributed by atoms with Gasteiger partial charge in [-0.3, -0.25) is 9.59 Å². The van der Waals surface area contributed by atoms with Gasteiger partial charge in [0.2, 0.25) is 0 Å². The summed E-state index contributed by atoms with van der Waals surface area (Å²) in [6.45, 7) is 5.52. The Morgan fingerprint density at radius 2 is 2.09 bits per heavy atom. The van der Waals surface area contributed by atoms with Crippen molar-refractivity contribution in [1.82, 2.24) is 10.3 Å². The van der Waals surface area contributed by atoms with Crippen molar-refractivity contribution in [2.45, 2.75) is 33.6 Å². The fourth-order valence-corrected chi connectivity index (χ4v) is 3.20. The van der Waals surface area contributed by atoms with Gasteiger partial charge in [-0.15, -0.1) is 11.3 Å². The van der Waals surface area contributed by atoms with Crippen LogP contribution in [-0.4, -0.2) is 28.5 Å². The van der Waals surface area contributed by atoms with Crippen molar-refractivity contribution in [1.29, 1.82) is 0 Å². The highest BCUT2D eigenvalue weighted by Crippen LogP contribution is 2.29. The Hall–Kier alpha value is -2.15. The van der Waals surface area contributed by atoms with Crippen molar-refractivity contribution in [3.63, 3.8) is 0 Å². The molecule has 7 heteroatoms. The Labute approximate surface area is 138 Å². The van der Waals surface area contributed by atoms with Crippen molar-refractivity contribution in [3.05, 3.63) is 29.0 Å². The molecule has 23 heavy (non-hydrogen) atoms. The molecular formula is C16H20N2O4S. The van der Waals surface area contributed by atoms with Gasteiger partial charge in [0, 0.05) is 11.4 Å². The molecule has 0 aliphatic carbocycles. The lowest BCUT2D eigenvalue weighted by Crippen LogP contribution is -2.42. The summed E-state index contributed by atoms with van der Waals surface area (Å²) in [4.78, 5) is 28.9. The minimum Gasteiger partial charge on any atom is -0.481 e. The normalized spacial score (nSPS) is 11.4. The first kappa shape index (κ1) is 17.2. The predicted octanol–water partition coefficient (Wildman–Crippen LogP) is 3.33. The lowest BCUT2D eigenvalue weighted by atomic mass is 9.82. The molecule has 2 heterocycles. The lowest BCUT2D eigenvalue weighted by molar-refractivity contribution is -0.149. The summed E-state index contributed by atoms with van der Waals surface area (Å²) in [7, 11) is 0. The number of amides is 1. The first-order valence-corrected chi connectivity index (χ1v) is 8.28. The molecule has 0 spiro atoms. The number of rotatable bonds is 7. The molecule has 0 aromatic carbocycles. The summed E-state index contributed by atoms with van der Waals surface area (Å²) >= 11 is 1.37. The molecule has 1 amide bonds. The van der Waals surface area contributed by atoms with Crippen LogP contribution < -0.4 is 5.32 Å². The Morgan fingerprint density at radius 3 is 2.61 bits per heavy atom.